The normalized spacial score (nSPS) is 11.1. The van der Waals surface area contributed by atoms with Crippen molar-refractivity contribution in [3.63, 3.8) is 0 Å². The lowest BCUT2D eigenvalue weighted by atomic mass is 10.1. The van der Waals surface area contributed by atoms with E-state index in [4.69, 9.17) is 4.74 Å². The highest BCUT2D eigenvalue weighted by molar-refractivity contribution is 5.97. The Balaban J connectivity index is 2.79. The van der Waals surface area contributed by atoms with Gasteiger partial charge in [-0.25, -0.2) is 9.18 Å². The molecule has 6 heteroatoms. The molecule has 0 spiro atoms. The van der Waals surface area contributed by atoms with Gasteiger partial charge in [0.05, 0.1) is 5.69 Å². The van der Waals surface area contributed by atoms with Crippen molar-refractivity contribution in [2.24, 2.45) is 0 Å². The van der Waals surface area contributed by atoms with Crippen molar-refractivity contribution in [1.29, 1.82) is 0 Å². The van der Waals surface area contributed by atoms with E-state index in [9.17, 15) is 14.0 Å². The Bertz CT molecular complexity index is 508. The van der Waals surface area contributed by atoms with Crippen molar-refractivity contribution in [3.05, 3.63) is 29.6 Å². The zero-order valence-corrected chi connectivity index (χ0v) is 12.0. The summed E-state index contributed by atoms with van der Waals surface area (Å²) in [7, 11) is 1.38. The summed E-state index contributed by atoms with van der Waals surface area (Å²) in [4.78, 5) is 23.0. The lowest BCUT2D eigenvalue weighted by molar-refractivity contribution is 0.0635. The molecule has 0 bridgehead atoms. The Labute approximate surface area is 117 Å². The second kappa shape index (κ2) is 6.47. The van der Waals surface area contributed by atoms with Crippen molar-refractivity contribution in [1.82, 2.24) is 0 Å². The number of hydrogen-bond acceptors (Lipinski definition) is 4. The highest BCUT2D eigenvalue weighted by atomic mass is 19.1. The summed E-state index contributed by atoms with van der Waals surface area (Å²) in [5, 5.41) is 2.29. The van der Waals surface area contributed by atoms with Gasteiger partial charge in [-0.1, -0.05) is 0 Å². The predicted molar refractivity (Wildman–Crippen MR) is 72.5 cm³/mol. The number of nitrogens with one attached hydrogen (secondary N) is 1. The van der Waals surface area contributed by atoms with Gasteiger partial charge in [0, 0.05) is 12.7 Å². The third kappa shape index (κ3) is 4.97. The molecule has 1 aromatic carbocycles. The molecule has 1 N–H and O–H groups in total. The number of ether oxygens (including phenoxy) is 2. The van der Waals surface area contributed by atoms with E-state index in [0.29, 0.717) is 0 Å². The monoisotopic (exact) mass is 283 g/mol. The first kappa shape index (κ1) is 16.1. The number of amides is 1. The highest BCUT2D eigenvalue weighted by Crippen LogP contribution is 2.17. The van der Waals surface area contributed by atoms with Gasteiger partial charge in [-0.3, -0.25) is 10.1 Å². The number of halogens is 1. The molecule has 1 amide bonds. The third-order valence-electron chi connectivity index (χ3n) is 2.20. The SMILES string of the molecule is COCC(=O)c1ccc(NC(=O)OC(C)(C)C)c(F)c1. The van der Waals surface area contributed by atoms with E-state index in [1.54, 1.807) is 20.8 Å². The number of carbonyl (C=O) groups is 2. The van der Waals surface area contributed by atoms with Crippen LogP contribution in [0.1, 0.15) is 31.1 Å². The number of anilines is 1. The standard InChI is InChI=1S/C14H18FNO4/c1-14(2,3)20-13(18)16-11-6-5-9(7-10(11)15)12(17)8-19-4/h5-7H,8H2,1-4H3,(H,16,18). The van der Waals surface area contributed by atoms with Gasteiger partial charge < -0.3 is 9.47 Å². The molecule has 20 heavy (non-hydrogen) atoms. The predicted octanol–water partition coefficient (Wildman–Crippen LogP) is 3.00. The van der Waals surface area contributed by atoms with Crippen LogP contribution in [0.5, 0.6) is 0 Å². The van der Waals surface area contributed by atoms with Gasteiger partial charge in [0.2, 0.25) is 0 Å². The van der Waals surface area contributed by atoms with Crippen molar-refractivity contribution < 1.29 is 23.5 Å². The van der Waals surface area contributed by atoms with E-state index in [1.807, 2.05) is 0 Å². The van der Waals surface area contributed by atoms with Crippen molar-refractivity contribution in [2.45, 2.75) is 26.4 Å². The molecule has 110 valence electrons. The molecule has 0 radical (unpaired) electrons. The van der Waals surface area contributed by atoms with Gasteiger partial charge in [-0.2, -0.15) is 0 Å². The lowest BCUT2D eigenvalue weighted by Gasteiger charge is -2.19. The second-order valence-electron chi connectivity index (χ2n) is 5.18. The quantitative estimate of drug-likeness (QED) is 0.863. The highest BCUT2D eigenvalue weighted by Gasteiger charge is 2.18. The summed E-state index contributed by atoms with van der Waals surface area (Å²) in [6.45, 7) is 4.98. The fraction of sp³-hybridized carbons (Fsp3) is 0.429. The van der Waals surface area contributed by atoms with Gasteiger partial charge in [0.25, 0.3) is 0 Å². The van der Waals surface area contributed by atoms with Crippen molar-refractivity contribution in [2.75, 3.05) is 19.0 Å². The smallest absolute Gasteiger partial charge is 0.412 e. The van der Waals surface area contributed by atoms with Crippen LogP contribution in [0.15, 0.2) is 18.2 Å². The van der Waals surface area contributed by atoms with Crippen LogP contribution in [0, 0.1) is 5.82 Å². The van der Waals surface area contributed by atoms with Crippen LogP contribution in [-0.2, 0) is 9.47 Å². The van der Waals surface area contributed by atoms with Crippen LogP contribution in [0.2, 0.25) is 0 Å². The minimum Gasteiger partial charge on any atom is -0.444 e. The second-order valence-corrected chi connectivity index (χ2v) is 5.18. The molecule has 0 aliphatic heterocycles. The van der Waals surface area contributed by atoms with Gasteiger partial charge in [-0.15, -0.1) is 0 Å². The summed E-state index contributed by atoms with van der Waals surface area (Å²) in [5.41, 5.74) is -0.540. The Hall–Kier alpha value is -1.95. The molecule has 0 unspecified atom stereocenters. The van der Waals surface area contributed by atoms with Crippen LogP contribution in [-0.4, -0.2) is 31.2 Å². The van der Waals surface area contributed by atoms with Gasteiger partial charge in [0.1, 0.15) is 18.0 Å². The average Bonchev–Trinajstić information content (AvgIpc) is 2.29. The van der Waals surface area contributed by atoms with Crippen molar-refractivity contribution in [3.8, 4) is 0 Å². The van der Waals surface area contributed by atoms with Crippen LogP contribution in [0.3, 0.4) is 0 Å². The molecule has 0 saturated carbocycles. The first-order valence-corrected chi connectivity index (χ1v) is 6.04. The molecular weight excluding hydrogens is 265 g/mol. The van der Waals surface area contributed by atoms with Crippen molar-refractivity contribution >= 4 is 17.6 Å². The molecule has 0 heterocycles. The number of rotatable bonds is 4. The van der Waals surface area contributed by atoms with Crippen LogP contribution in [0.4, 0.5) is 14.9 Å². The number of ketones is 1. The molecular formula is C14H18FNO4. The van der Waals surface area contributed by atoms with E-state index >= 15 is 0 Å². The fourth-order valence-corrected chi connectivity index (χ4v) is 1.42. The minimum absolute atomic E-state index is 0.0479. The number of hydrogen-bond donors (Lipinski definition) is 1. The summed E-state index contributed by atoms with van der Waals surface area (Å²) < 4.78 is 23.5. The summed E-state index contributed by atoms with van der Waals surface area (Å²) in [6, 6.07) is 3.77. The third-order valence-corrected chi connectivity index (χ3v) is 2.20. The van der Waals surface area contributed by atoms with Gasteiger partial charge in [-0.05, 0) is 39.0 Å². The largest absolute Gasteiger partial charge is 0.444 e. The van der Waals surface area contributed by atoms with E-state index in [0.717, 1.165) is 6.07 Å². The van der Waals surface area contributed by atoms with Gasteiger partial charge in [0.15, 0.2) is 5.78 Å². The maximum Gasteiger partial charge on any atom is 0.412 e. The zero-order chi connectivity index (χ0) is 15.3. The summed E-state index contributed by atoms with van der Waals surface area (Å²) >= 11 is 0. The van der Waals surface area contributed by atoms with Crippen LogP contribution >= 0.6 is 0 Å². The zero-order valence-electron chi connectivity index (χ0n) is 12.0. The topological polar surface area (TPSA) is 64.6 Å². The molecule has 0 aromatic heterocycles. The summed E-state index contributed by atoms with van der Waals surface area (Å²) in [5.74, 6) is -1.05. The maximum absolute atomic E-state index is 13.8. The fourth-order valence-electron chi connectivity index (χ4n) is 1.42. The average molecular weight is 283 g/mol. The number of carbonyl (C=O) groups excluding carboxylic acids is 2. The number of benzene rings is 1. The van der Waals surface area contributed by atoms with Crippen LogP contribution in [0.25, 0.3) is 0 Å². The van der Waals surface area contributed by atoms with E-state index in [-0.39, 0.29) is 23.6 Å². The van der Waals surface area contributed by atoms with E-state index < -0.39 is 17.5 Å². The molecule has 1 aromatic rings. The first-order chi connectivity index (χ1) is 9.23. The molecule has 0 aliphatic carbocycles. The van der Waals surface area contributed by atoms with E-state index in [2.05, 4.69) is 10.1 Å². The molecule has 1 rings (SSSR count). The molecule has 0 aliphatic rings. The number of Topliss-reactive ketones (excluding diaryl/α,β-unsaturated/α-hetero) is 1. The Morgan fingerprint density at radius 1 is 1.30 bits per heavy atom. The number of methoxy groups -OCH3 is 1. The minimum atomic E-state index is -0.757. The summed E-state index contributed by atoms with van der Waals surface area (Å²) in [6.07, 6.45) is -0.757. The molecule has 0 fully saturated rings. The Morgan fingerprint density at radius 3 is 2.45 bits per heavy atom. The molecule has 0 saturated heterocycles. The van der Waals surface area contributed by atoms with E-state index in [1.165, 1.54) is 19.2 Å². The molecule has 0 atom stereocenters. The Morgan fingerprint density at radius 2 is 1.95 bits per heavy atom. The first-order valence-electron chi connectivity index (χ1n) is 6.04. The molecule has 5 nitrogen and oxygen atoms in total. The Kier molecular flexibility index (Phi) is 5.21. The maximum atomic E-state index is 13.8. The lowest BCUT2D eigenvalue weighted by Crippen LogP contribution is -2.27. The van der Waals surface area contributed by atoms with Gasteiger partial charge >= 0.3 is 6.09 Å². The van der Waals surface area contributed by atoms with Crippen LogP contribution < -0.4 is 5.32 Å².